The van der Waals surface area contributed by atoms with Crippen molar-refractivity contribution >= 4 is 17.4 Å². The highest BCUT2D eigenvalue weighted by Gasteiger charge is 2.32. The minimum atomic E-state index is -4.44. The average molecular weight is 361 g/mol. The Morgan fingerprint density at radius 3 is 2.29 bits per heavy atom. The lowest BCUT2D eigenvalue weighted by molar-refractivity contribution is -0.137. The lowest BCUT2D eigenvalue weighted by atomic mass is 10.2. The number of anilines is 1. The van der Waals surface area contributed by atoms with Gasteiger partial charge >= 0.3 is 6.18 Å². The van der Waals surface area contributed by atoms with Crippen LogP contribution in [0.3, 0.4) is 0 Å². The first-order valence-corrected chi connectivity index (χ1v) is 7.85. The normalized spacial score (nSPS) is 16.6. The minimum Gasteiger partial charge on any atom is -0.353 e. The van der Waals surface area contributed by atoms with E-state index in [1.165, 1.54) is 0 Å². The van der Waals surface area contributed by atoms with E-state index in [0.29, 0.717) is 25.5 Å². The predicted molar refractivity (Wildman–Crippen MR) is 82.9 cm³/mol. The van der Waals surface area contributed by atoms with Crippen LogP contribution in [0, 0.1) is 0 Å². The smallest absolute Gasteiger partial charge is 0.353 e. The first kappa shape index (κ1) is 17.0. The predicted octanol–water partition coefficient (Wildman–Crippen LogP) is 2.17. The summed E-state index contributed by atoms with van der Waals surface area (Å²) in [4.78, 5) is 9.69. The van der Waals surface area contributed by atoms with Crippen molar-refractivity contribution in [3.8, 4) is 0 Å². The summed E-state index contributed by atoms with van der Waals surface area (Å²) in [6.45, 7) is 4.39. The van der Waals surface area contributed by atoms with Crippen LogP contribution >= 0.6 is 11.6 Å². The Bertz CT molecular complexity index is 668. The third-order valence-electron chi connectivity index (χ3n) is 3.90. The second-order valence-corrected chi connectivity index (χ2v) is 5.89. The van der Waals surface area contributed by atoms with Gasteiger partial charge in [0.2, 0.25) is 0 Å². The van der Waals surface area contributed by atoms with Crippen LogP contribution in [0.1, 0.15) is 5.56 Å². The van der Waals surface area contributed by atoms with E-state index < -0.39 is 11.7 Å². The maximum absolute atomic E-state index is 12.7. The molecule has 1 aliphatic heterocycles. The van der Waals surface area contributed by atoms with Crippen LogP contribution in [-0.4, -0.2) is 57.6 Å². The van der Waals surface area contributed by atoms with Gasteiger partial charge in [-0.3, -0.25) is 4.90 Å². The largest absolute Gasteiger partial charge is 0.417 e. The van der Waals surface area contributed by atoms with E-state index in [0.717, 1.165) is 31.9 Å². The summed E-state index contributed by atoms with van der Waals surface area (Å²) in [6.07, 6.45) is -0.336. The number of piperazine rings is 1. The summed E-state index contributed by atoms with van der Waals surface area (Å²) in [5.41, 5.74) is -0.832. The molecule has 1 fully saturated rings. The lowest BCUT2D eigenvalue weighted by Crippen LogP contribution is -2.47. The summed E-state index contributed by atoms with van der Waals surface area (Å²) in [5.74, 6) is 0.401. The highest BCUT2D eigenvalue weighted by molar-refractivity contribution is 6.33. The lowest BCUT2D eigenvalue weighted by Gasteiger charge is -2.35. The Hall–Kier alpha value is -1.87. The number of alkyl halides is 3. The molecule has 0 atom stereocenters. The molecule has 0 spiro atoms. The molecule has 0 aromatic carbocycles. The Morgan fingerprint density at radius 2 is 1.71 bits per heavy atom. The molecule has 0 radical (unpaired) electrons. The molecule has 0 unspecified atom stereocenters. The van der Waals surface area contributed by atoms with Crippen LogP contribution in [0.4, 0.5) is 19.0 Å². The molecule has 0 saturated carbocycles. The number of hydrogen-bond acceptors (Lipinski definition) is 5. The summed E-state index contributed by atoms with van der Waals surface area (Å²) in [7, 11) is 0. The van der Waals surface area contributed by atoms with Gasteiger partial charge in [0.25, 0.3) is 0 Å². The average Bonchev–Trinajstić information content (AvgIpc) is 3.06. The molecule has 3 heterocycles. The van der Waals surface area contributed by atoms with Crippen molar-refractivity contribution in [1.82, 2.24) is 24.9 Å². The molecule has 0 bridgehead atoms. The molecule has 2 aromatic heterocycles. The van der Waals surface area contributed by atoms with Crippen molar-refractivity contribution in [1.29, 1.82) is 0 Å². The van der Waals surface area contributed by atoms with E-state index >= 15 is 0 Å². The Balaban J connectivity index is 1.56. The van der Waals surface area contributed by atoms with Crippen molar-refractivity contribution in [2.24, 2.45) is 0 Å². The van der Waals surface area contributed by atoms with Crippen molar-refractivity contribution in [2.45, 2.75) is 12.7 Å². The molecule has 0 aliphatic carbocycles. The van der Waals surface area contributed by atoms with E-state index in [4.69, 9.17) is 11.6 Å². The quantitative estimate of drug-likeness (QED) is 0.836. The van der Waals surface area contributed by atoms with Crippen LogP contribution in [0.15, 0.2) is 24.7 Å². The highest BCUT2D eigenvalue weighted by atomic mass is 35.5. The molecule has 1 saturated heterocycles. The van der Waals surface area contributed by atoms with E-state index in [1.807, 2.05) is 4.90 Å². The van der Waals surface area contributed by atoms with Gasteiger partial charge in [-0.15, -0.1) is 0 Å². The van der Waals surface area contributed by atoms with Crippen LogP contribution in [0.25, 0.3) is 0 Å². The van der Waals surface area contributed by atoms with Gasteiger partial charge in [0.1, 0.15) is 5.82 Å². The zero-order chi connectivity index (χ0) is 17.2. The Labute approximate surface area is 141 Å². The van der Waals surface area contributed by atoms with Crippen molar-refractivity contribution in [3.63, 3.8) is 0 Å². The van der Waals surface area contributed by atoms with Crippen LogP contribution < -0.4 is 4.90 Å². The third kappa shape index (κ3) is 3.96. The number of aromatic nitrogens is 4. The van der Waals surface area contributed by atoms with Crippen LogP contribution in [0.2, 0.25) is 5.02 Å². The SMILES string of the molecule is FC(F)(F)c1cnc(N2CCN(CCn3nccn3)CC2)c(Cl)c1. The van der Waals surface area contributed by atoms with Crippen LogP contribution in [0.5, 0.6) is 0 Å². The number of rotatable bonds is 4. The van der Waals surface area contributed by atoms with Crippen molar-refractivity contribution < 1.29 is 13.2 Å². The van der Waals surface area contributed by atoms with Gasteiger partial charge in [-0.25, -0.2) is 4.98 Å². The molecule has 130 valence electrons. The number of nitrogens with zero attached hydrogens (tertiary/aromatic N) is 6. The summed E-state index contributed by atoms with van der Waals surface area (Å²) in [5, 5.41) is 8.13. The van der Waals surface area contributed by atoms with Gasteiger partial charge in [0.05, 0.1) is 29.5 Å². The first-order chi connectivity index (χ1) is 11.4. The molecule has 0 amide bonds. The summed E-state index contributed by atoms with van der Waals surface area (Å²) < 4.78 is 38.0. The molecule has 2 aromatic rings. The van der Waals surface area contributed by atoms with Gasteiger partial charge in [-0.05, 0) is 6.07 Å². The van der Waals surface area contributed by atoms with Crippen molar-refractivity contribution in [3.05, 3.63) is 35.2 Å². The molecule has 3 rings (SSSR count). The summed E-state index contributed by atoms with van der Waals surface area (Å²) >= 11 is 6.00. The Morgan fingerprint density at radius 1 is 1.04 bits per heavy atom. The maximum atomic E-state index is 12.7. The fourth-order valence-electron chi connectivity index (χ4n) is 2.59. The van der Waals surface area contributed by atoms with Gasteiger partial charge < -0.3 is 4.90 Å². The molecule has 6 nitrogen and oxygen atoms in total. The Kier molecular flexibility index (Phi) is 4.91. The first-order valence-electron chi connectivity index (χ1n) is 7.47. The molecular formula is C14H16ClF3N6. The maximum Gasteiger partial charge on any atom is 0.417 e. The highest BCUT2D eigenvalue weighted by Crippen LogP contribution is 2.33. The van der Waals surface area contributed by atoms with Gasteiger partial charge in [-0.2, -0.15) is 28.2 Å². The van der Waals surface area contributed by atoms with E-state index in [9.17, 15) is 13.2 Å². The minimum absolute atomic E-state index is 0.0269. The van der Waals surface area contributed by atoms with Crippen LogP contribution in [-0.2, 0) is 12.7 Å². The second-order valence-electron chi connectivity index (χ2n) is 5.48. The monoisotopic (exact) mass is 360 g/mol. The topological polar surface area (TPSA) is 50.1 Å². The third-order valence-corrected chi connectivity index (χ3v) is 4.18. The molecule has 0 N–H and O–H groups in total. The fraction of sp³-hybridized carbons (Fsp3) is 0.500. The standard InChI is InChI=1S/C14H16ClF3N6/c15-12-9-11(14(16,17)18)10-19-13(12)23-6-3-22(4-7-23)5-8-24-20-1-2-21-24/h1-2,9-10H,3-8H2. The second kappa shape index (κ2) is 6.94. The molecule has 1 aliphatic rings. The molecular weight excluding hydrogens is 345 g/mol. The zero-order valence-electron chi connectivity index (χ0n) is 12.7. The zero-order valence-corrected chi connectivity index (χ0v) is 13.5. The van der Waals surface area contributed by atoms with Gasteiger partial charge in [0.15, 0.2) is 0 Å². The number of hydrogen-bond donors (Lipinski definition) is 0. The molecule has 24 heavy (non-hydrogen) atoms. The van der Waals surface area contributed by atoms with E-state index in [2.05, 4.69) is 20.1 Å². The fourth-order valence-corrected chi connectivity index (χ4v) is 2.88. The van der Waals surface area contributed by atoms with Gasteiger partial charge in [-0.1, -0.05) is 11.6 Å². The number of pyridine rings is 1. The number of halogens is 4. The van der Waals surface area contributed by atoms with Gasteiger partial charge in [0, 0.05) is 38.9 Å². The summed E-state index contributed by atoms with van der Waals surface area (Å²) in [6, 6.07) is 0.930. The van der Waals surface area contributed by atoms with E-state index in [-0.39, 0.29) is 5.02 Å². The van der Waals surface area contributed by atoms with E-state index in [1.54, 1.807) is 17.2 Å². The van der Waals surface area contributed by atoms with Crippen molar-refractivity contribution in [2.75, 3.05) is 37.6 Å². The molecule has 10 heteroatoms.